The van der Waals surface area contributed by atoms with Crippen LogP contribution in [0.5, 0.6) is 0 Å². The van der Waals surface area contributed by atoms with Crippen molar-refractivity contribution in [1.82, 2.24) is 10.3 Å². The van der Waals surface area contributed by atoms with E-state index in [9.17, 15) is 0 Å². The molecule has 0 aliphatic rings. The highest BCUT2D eigenvalue weighted by molar-refractivity contribution is 5.93. The summed E-state index contributed by atoms with van der Waals surface area (Å²) in [5.41, 5.74) is 1.73. The van der Waals surface area contributed by atoms with Gasteiger partial charge in [-0.15, -0.1) is 0 Å². The van der Waals surface area contributed by atoms with Crippen LogP contribution < -0.4 is 16.0 Å². The number of aromatic nitrogens is 1. The van der Waals surface area contributed by atoms with Crippen LogP contribution in [0.2, 0.25) is 0 Å². The van der Waals surface area contributed by atoms with Crippen molar-refractivity contribution in [2.45, 2.75) is 0 Å². The number of hydrogen-bond acceptors (Lipinski definition) is 5. The monoisotopic (exact) mass is 331 g/mol. The zero-order chi connectivity index (χ0) is 17.3. The molecule has 0 radical (unpaired) electrons. The minimum absolute atomic E-state index is 0.570. The maximum atomic E-state index is 9.02. The smallest absolute Gasteiger partial charge is 0.143 e. The zero-order valence-electron chi connectivity index (χ0n) is 14.0. The van der Waals surface area contributed by atoms with Crippen molar-refractivity contribution in [2.24, 2.45) is 0 Å². The molecule has 0 aliphatic carbocycles. The van der Waals surface area contributed by atoms with E-state index in [2.05, 4.69) is 69.5 Å². The maximum Gasteiger partial charge on any atom is 0.143 e. The van der Waals surface area contributed by atoms with E-state index in [0.29, 0.717) is 11.4 Å². The second kappa shape index (κ2) is 8.67. The Balaban J connectivity index is 1.38. The van der Waals surface area contributed by atoms with E-state index in [1.807, 2.05) is 0 Å². The zero-order valence-corrected chi connectivity index (χ0v) is 14.0. The average molecular weight is 331 g/mol. The molecule has 5 nitrogen and oxygen atoms in total. The molecule has 0 aliphatic heterocycles. The number of nitrogens with one attached hydrogen (secondary N) is 3. The van der Waals surface area contributed by atoms with Gasteiger partial charge in [-0.2, -0.15) is 5.26 Å². The third-order valence-corrected chi connectivity index (χ3v) is 3.93. The molecule has 0 unspecified atom stereocenters. The van der Waals surface area contributed by atoms with E-state index in [4.69, 9.17) is 5.26 Å². The number of fused-ring (bicyclic) bond motifs is 1. The Kier molecular flexibility index (Phi) is 5.81. The largest absolute Gasteiger partial charge is 0.383 e. The molecule has 25 heavy (non-hydrogen) atoms. The summed E-state index contributed by atoms with van der Waals surface area (Å²) in [6.07, 6.45) is 1.69. The topological polar surface area (TPSA) is 72.8 Å². The molecule has 0 atom stereocenters. The molecule has 3 N–H and O–H groups in total. The highest BCUT2D eigenvalue weighted by Gasteiger charge is 2.01. The molecule has 126 valence electrons. The van der Waals surface area contributed by atoms with Crippen molar-refractivity contribution in [3.8, 4) is 6.07 Å². The molecule has 0 saturated heterocycles. The summed E-state index contributed by atoms with van der Waals surface area (Å²) in [6.45, 7) is 3.23. The van der Waals surface area contributed by atoms with Gasteiger partial charge in [-0.25, -0.2) is 4.98 Å². The quantitative estimate of drug-likeness (QED) is 0.553. The summed E-state index contributed by atoms with van der Waals surface area (Å²) in [4.78, 5) is 4.18. The summed E-state index contributed by atoms with van der Waals surface area (Å²) < 4.78 is 0. The Labute approximate surface area is 147 Å². The highest BCUT2D eigenvalue weighted by Crippen LogP contribution is 2.22. The average Bonchev–Trinajstić information content (AvgIpc) is 2.67. The molecule has 0 saturated carbocycles. The van der Waals surface area contributed by atoms with Crippen LogP contribution in [-0.4, -0.2) is 31.2 Å². The van der Waals surface area contributed by atoms with Gasteiger partial charge in [0.25, 0.3) is 0 Å². The second-order valence-electron chi connectivity index (χ2n) is 5.64. The molecule has 5 heteroatoms. The standard InChI is InChI=1S/C20H21N5/c21-15-17-7-4-10-24-20(17)25-14-12-22-11-13-23-19-9-3-6-16-5-1-2-8-18(16)19/h1-10,22-23H,11-14H2,(H,24,25). The van der Waals surface area contributed by atoms with Crippen LogP contribution in [0.4, 0.5) is 11.5 Å². The van der Waals surface area contributed by atoms with Crippen LogP contribution >= 0.6 is 0 Å². The lowest BCUT2D eigenvalue weighted by atomic mass is 10.1. The van der Waals surface area contributed by atoms with Crippen LogP contribution in [0.3, 0.4) is 0 Å². The fourth-order valence-electron chi connectivity index (χ4n) is 2.70. The number of benzene rings is 2. The Morgan fingerprint density at radius 1 is 0.840 bits per heavy atom. The summed E-state index contributed by atoms with van der Waals surface area (Å²) in [6, 6.07) is 20.3. The second-order valence-corrected chi connectivity index (χ2v) is 5.64. The van der Waals surface area contributed by atoms with Crippen molar-refractivity contribution < 1.29 is 0 Å². The molecule has 3 aromatic rings. The molecular weight excluding hydrogens is 310 g/mol. The van der Waals surface area contributed by atoms with Crippen LogP contribution in [0, 0.1) is 11.3 Å². The van der Waals surface area contributed by atoms with Crippen LogP contribution in [0.25, 0.3) is 10.8 Å². The number of nitrogens with zero attached hydrogens (tertiary/aromatic N) is 2. The third-order valence-electron chi connectivity index (χ3n) is 3.93. The van der Waals surface area contributed by atoms with Crippen LogP contribution in [0.15, 0.2) is 60.8 Å². The van der Waals surface area contributed by atoms with Crippen molar-refractivity contribution in [3.63, 3.8) is 0 Å². The lowest BCUT2D eigenvalue weighted by Crippen LogP contribution is -2.27. The van der Waals surface area contributed by atoms with Crippen molar-refractivity contribution in [3.05, 3.63) is 66.4 Å². The molecule has 0 amide bonds. The lowest BCUT2D eigenvalue weighted by Gasteiger charge is -2.11. The first-order chi connectivity index (χ1) is 12.4. The Hall–Kier alpha value is -3.10. The van der Waals surface area contributed by atoms with Crippen LogP contribution in [-0.2, 0) is 0 Å². The molecule has 1 heterocycles. The molecule has 3 rings (SSSR count). The first-order valence-corrected chi connectivity index (χ1v) is 8.40. The summed E-state index contributed by atoms with van der Waals surface area (Å²) >= 11 is 0. The van der Waals surface area contributed by atoms with Gasteiger partial charge in [-0.05, 0) is 23.6 Å². The number of pyridine rings is 1. The predicted octanol–water partition coefficient (Wildman–Crippen LogP) is 3.22. The number of hydrogen-bond donors (Lipinski definition) is 3. The van der Waals surface area contributed by atoms with Gasteiger partial charge >= 0.3 is 0 Å². The lowest BCUT2D eigenvalue weighted by molar-refractivity contribution is 0.718. The molecule has 0 spiro atoms. The number of rotatable bonds is 8. The minimum atomic E-state index is 0.570. The fourth-order valence-corrected chi connectivity index (χ4v) is 2.70. The molecule has 2 aromatic carbocycles. The van der Waals surface area contributed by atoms with Gasteiger partial charge in [0.1, 0.15) is 11.9 Å². The van der Waals surface area contributed by atoms with Gasteiger partial charge in [0.2, 0.25) is 0 Å². The normalized spacial score (nSPS) is 10.4. The Morgan fingerprint density at radius 2 is 1.64 bits per heavy atom. The molecule has 0 fully saturated rings. The molecule has 1 aromatic heterocycles. The predicted molar refractivity (Wildman–Crippen MR) is 103 cm³/mol. The minimum Gasteiger partial charge on any atom is -0.383 e. The van der Waals surface area contributed by atoms with Crippen LogP contribution in [0.1, 0.15) is 5.56 Å². The van der Waals surface area contributed by atoms with Gasteiger partial charge in [-0.1, -0.05) is 36.4 Å². The van der Waals surface area contributed by atoms with E-state index in [0.717, 1.165) is 31.9 Å². The van der Waals surface area contributed by atoms with Gasteiger partial charge in [0.05, 0.1) is 5.56 Å². The highest BCUT2D eigenvalue weighted by atomic mass is 15.0. The van der Waals surface area contributed by atoms with Crippen molar-refractivity contribution in [1.29, 1.82) is 5.26 Å². The van der Waals surface area contributed by atoms with Crippen molar-refractivity contribution >= 4 is 22.3 Å². The van der Waals surface area contributed by atoms with Gasteiger partial charge in [-0.3, -0.25) is 0 Å². The number of nitriles is 1. The fraction of sp³-hybridized carbons (Fsp3) is 0.200. The third kappa shape index (κ3) is 4.46. The van der Waals surface area contributed by atoms with Gasteiger partial charge < -0.3 is 16.0 Å². The maximum absolute atomic E-state index is 9.02. The Morgan fingerprint density at radius 3 is 2.52 bits per heavy atom. The summed E-state index contributed by atoms with van der Waals surface area (Å²) in [5, 5.41) is 21.5. The summed E-state index contributed by atoms with van der Waals surface area (Å²) in [7, 11) is 0. The Bertz CT molecular complexity index is 864. The molecule has 0 bridgehead atoms. The van der Waals surface area contributed by atoms with E-state index in [1.54, 1.807) is 18.3 Å². The molecular formula is C20H21N5. The summed E-state index contributed by atoms with van der Waals surface area (Å²) in [5.74, 6) is 0.640. The van der Waals surface area contributed by atoms with E-state index < -0.39 is 0 Å². The van der Waals surface area contributed by atoms with Gasteiger partial charge in [0, 0.05) is 43.4 Å². The first kappa shape index (κ1) is 16.7. The van der Waals surface area contributed by atoms with E-state index in [-0.39, 0.29) is 0 Å². The SMILES string of the molecule is N#Cc1cccnc1NCCNCCNc1cccc2ccccc12. The van der Waals surface area contributed by atoms with E-state index in [1.165, 1.54) is 10.8 Å². The first-order valence-electron chi connectivity index (χ1n) is 8.40. The number of anilines is 2. The van der Waals surface area contributed by atoms with Gasteiger partial charge in [0.15, 0.2) is 0 Å². The van der Waals surface area contributed by atoms with E-state index >= 15 is 0 Å². The van der Waals surface area contributed by atoms with Crippen molar-refractivity contribution in [2.75, 3.05) is 36.8 Å².